The number of carbonyl (C=O) groups excluding carboxylic acids is 1. The van der Waals surface area contributed by atoms with E-state index in [1.54, 1.807) is 31.2 Å². The molecule has 2 N–H and O–H groups in total. The molecule has 24 heavy (non-hydrogen) atoms. The fourth-order valence-electron chi connectivity index (χ4n) is 2.15. The molecule has 124 valence electrons. The number of amides is 1. The van der Waals surface area contributed by atoms with Crippen LogP contribution in [0.25, 0.3) is 0 Å². The van der Waals surface area contributed by atoms with Crippen molar-refractivity contribution < 1.29 is 13.6 Å². The van der Waals surface area contributed by atoms with E-state index in [-0.39, 0.29) is 18.5 Å². The summed E-state index contributed by atoms with van der Waals surface area (Å²) in [6, 6.07) is 12.4. The average molecular weight is 329 g/mol. The second kappa shape index (κ2) is 8.18. The van der Waals surface area contributed by atoms with E-state index in [4.69, 9.17) is 5.26 Å². The zero-order valence-electron chi connectivity index (χ0n) is 13.1. The van der Waals surface area contributed by atoms with Gasteiger partial charge in [-0.3, -0.25) is 4.79 Å². The summed E-state index contributed by atoms with van der Waals surface area (Å²) >= 11 is 0. The molecule has 0 radical (unpaired) electrons. The number of hydrogen-bond acceptors (Lipinski definition) is 3. The molecule has 2 aromatic rings. The van der Waals surface area contributed by atoms with E-state index in [1.165, 1.54) is 6.07 Å². The fraction of sp³-hybridized carbons (Fsp3) is 0.222. The van der Waals surface area contributed by atoms with Crippen LogP contribution in [0.15, 0.2) is 42.5 Å². The molecule has 0 unspecified atom stereocenters. The van der Waals surface area contributed by atoms with Gasteiger partial charge in [0.15, 0.2) is 11.6 Å². The highest BCUT2D eigenvalue weighted by atomic mass is 19.2. The van der Waals surface area contributed by atoms with Gasteiger partial charge in [0.25, 0.3) is 0 Å². The van der Waals surface area contributed by atoms with Gasteiger partial charge in [-0.1, -0.05) is 18.2 Å². The molecule has 0 bridgehead atoms. The van der Waals surface area contributed by atoms with Crippen molar-refractivity contribution in [1.29, 1.82) is 5.26 Å². The largest absolute Gasteiger partial charge is 0.325 e. The Morgan fingerprint density at radius 2 is 1.88 bits per heavy atom. The first-order valence-electron chi connectivity index (χ1n) is 7.43. The van der Waals surface area contributed by atoms with Gasteiger partial charge in [0.05, 0.1) is 19.0 Å². The number of hydrogen-bond donors (Lipinski definition) is 2. The Morgan fingerprint density at radius 1 is 1.17 bits per heavy atom. The lowest BCUT2D eigenvalue weighted by Gasteiger charge is -2.14. The molecular formula is C18H17F2N3O. The van der Waals surface area contributed by atoms with E-state index in [2.05, 4.69) is 16.7 Å². The number of rotatable bonds is 6. The number of nitriles is 1. The highest BCUT2D eigenvalue weighted by Crippen LogP contribution is 2.16. The molecule has 0 saturated heterocycles. The summed E-state index contributed by atoms with van der Waals surface area (Å²) in [5, 5.41) is 14.3. The molecule has 0 spiro atoms. The Balaban J connectivity index is 1.86. The first-order chi connectivity index (χ1) is 11.5. The maximum atomic E-state index is 13.2. The average Bonchev–Trinajstić information content (AvgIpc) is 2.57. The van der Waals surface area contributed by atoms with Crippen LogP contribution in [0.5, 0.6) is 0 Å². The van der Waals surface area contributed by atoms with E-state index in [0.717, 1.165) is 17.7 Å². The molecule has 0 aliphatic rings. The minimum Gasteiger partial charge on any atom is -0.325 e. The minimum absolute atomic E-state index is 0.0279. The van der Waals surface area contributed by atoms with Gasteiger partial charge in [0.2, 0.25) is 5.91 Å². The SMILES string of the molecule is C[C@@H](NCC(=O)Nc1ccc(CC#N)cc1)c1ccc(F)c(F)c1. The zero-order chi connectivity index (χ0) is 17.5. The minimum atomic E-state index is -0.914. The van der Waals surface area contributed by atoms with Crippen LogP contribution in [-0.2, 0) is 11.2 Å². The second-order valence-corrected chi connectivity index (χ2v) is 5.36. The molecule has 0 aromatic heterocycles. The second-order valence-electron chi connectivity index (χ2n) is 5.36. The number of halogens is 2. The number of benzene rings is 2. The smallest absolute Gasteiger partial charge is 0.238 e. The van der Waals surface area contributed by atoms with E-state index in [9.17, 15) is 13.6 Å². The van der Waals surface area contributed by atoms with Crippen LogP contribution in [0, 0.1) is 23.0 Å². The van der Waals surface area contributed by atoms with Crippen molar-refractivity contribution >= 4 is 11.6 Å². The van der Waals surface area contributed by atoms with Crippen LogP contribution in [0.2, 0.25) is 0 Å². The summed E-state index contributed by atoms with van der Waals surface area (Å²) in [4.78, 5) is 11.9. The summed E-state index contributed by atoms with van der Waals surface area (Å²) in [5.74, 6) is -2.07. The molecule has 1 atom stereocenters. The van der Waals surface area contributed by atoms with Gasteiger partial charge < -0.3 is 10.6 Å². The molecule has 0 aliphatic heterocycles. The van der Waals surface area contributed by atoms with Gasteiger partial charge in [-0.15, -0.1) is 0 Å². The molecule has 2 rings (SSSR count). The first kappa shape index (κ1) is 17.6. The Morgan fingerprint density at radius 3 is 2.50 bits per heavy atom. The molecule has 6 heteroatoms. The van der Waals surface area contributed by atoms with Gasteiger partial charge in [-0.25, -0.2) is 8.78 Å². The number of nitrogens with zero attached hydrogens (tertiary/aromatic N) is 1. The van der Waals surface area contributed by atoms with Crippen molar-refractivity contribution in [2.75, 3.05) is 11.9 Å². The van der Waals surface area contributed by atoms with Crippen LogP contribution >= 0.6 is 0 Å². The fourth-order valence-corrected chi connectivity index (χ4v) is 2.15. The van der Waals surface area contributed by atoms with Crippen LogP contribution < -0.4 is 10.6 Å². The number of nitrogens with one attached hydrogen (secondary N) is 2. The predicted octanol–water partition coefficient (Wildman–Crippen LogP) is 3.32. The van der Waals surface area contributed by atoms with Gasteiger partial charge in [0.1, 0.15) is 0 Å². The predicted molar refractivity (Wildman–Crippen MR) is 87.2 cm³/mol. The number of anilines is 1. The lowest BCUT2D eigenvalue weighted by atomic mass is 10.1. The standard InChI is InChI=1S/C18H17F2N3O/c1-12(14-4-7-16(19)17(20)10-14)22-11-18(24)23-15-5-2-13(3-6-15)8-9-21/h2-7,10,12,22H,8,11H2,1H3,(H,23,24)/t12-/m1/s1. The van der Waals surface area contributed by atoms with Gasteiger partial charge in [-0.05, 0) is 42.3 Å². The maximum Gasteiger partial charge on any atom is 0.238 e. The van der Waals surface area contributed by atoms with Crippen molar-refractivity contribution in [2.45, 2.75) is 19.4 Å². The molecule has 0 saturated carbocycles. The van der Waals surface area contributed by atoms with Crippen LogP contribution in [-0.4, -0.2) is 12.5 Å². The Bertz CT molecular complexity index is 754. The summed E-state index contributed by atoms with van der Waals surface area (Å²) in [6.45, 7) is 1.79. The van der Waals surface area contributed by atoms with Gasteiger partial charge >= 0.3 is 0 Å². The molecular weight excluding hydrogens is 312 g/mol. The molecule has 0 fully saturated rings. The summed E-state index contributed by atoms with van der Waals surface area (Å²) in [5.41, 5.74) is 2.06. The van der Waals surface area contributed by atoms with Crippen molar-refractivity contribution in [3.63, 3.8) is 0 Å². The van der Waals surface area contributed by atoms with Crippen molar-refractivity contribution in [2.24, 2.45) is 0 Å². The molecule has 1 amide bonds. The highest BCUT2D eigenvalue weighted by Gasteiger charge is 2.10. The van der Waals surface area contributed by atoms with E-state index >= 15 is 0 Å². The lowest BCUT2D eigenvalue weighted by Crippen LogP contribution is -2.30. The lowest BCUT2D eigenvalue weighted by molar-refractivity contribution is -0.115. The zero-order valence-corrected chi connectivity index (χ0v) is 13.1. The van der Waals surface area contributed by atoms with E-state index in [0.29, 0.717) is 17.7 Å². The quantitative estimate of drug-likeness (QED) is 0.854. The van der Waals surface area contributed by atoms with E-state index < -0.39 is 11.6 Å². The third kappa shape index (κ3) is 4.86. The molecule has 0 heterocycles. The third-order valence-electron chi connectivity index (χ3n) is 3.53. The van der Waals surface area contributed by atoms with Crippen LogP contribution in [0.4, 0.5) is 14.5 Å². The van der Waals surface area contributed by atoms with Crippen molar-refractivity contribution in [3.05, 3.63) is 65.2 Å². The van der Waals surface area contributed by atoms with E-state index in [1.807, 2.05) is 0 Å². The molecule has 2 aromatic carbocycles. The Hall–Kier alpha value is -2.78. The Kier molecular flexibility index (Phi) is 5.99. The first-order valence-corrected chi connectivity index (χ1v) is 7.43. The molecule has 0 aliphatic carbocycles. The van der Waals surface area contributed by atoms with Gasteiger partial charge in [-0.2, -0.15) is 5.26 Å². The monoisotopic (exact) mass is 329 g/mol. The maximum absolute atomic E-state index is 13.2. The molecule has 4 nitrogen and oxygen atoms in total. The summed E-state index contributed by atoms with van der Waals surface area (Å²) < 4.78 is 26.1. The Labute approximate surface area is 139 Å². The van der Waals surface area contributed by atoms with Gasteiger partial charge in [0, 0.05) is 11.7 Å². The third-order valence-corrected chi connectivity index (χ3v) is 3.53. The normalized spacial score (nSPS) is 11.6. The highest BCUT2D eigenvalue weighted by molar-refractivity contribution is 5.92. The summed E-state index contributed by atoms with van der Waals surface area (Å²) in [7, 11) is 0. The van der Waals surface area contributed by atoms with Crippen molar-refractivity contribution in [3.8, 4) is 6.07 Å². The van der Waals surface area contributed by atoms with Crippen LogP contribution in [0.3, 0.4) is 0 Å². The topological polar surface area (TPSA) is 64.9 Å². The van der Waals surface area contributed by atoms with Crippen LogP contribution in [0.1, 0.15) is 24.1 Å². The summed E-state index contributed by atoms with van der Waals surface area (Å²) in [6.07, 6.45) is 0.321. The number of carbonyl (C=O) groups is 1. The van der Waals surface area contributed by atoms with Crippen molar-refractivity contribution in [1.82, 2.24) is 5.32 Å².